The number of amides is 1. The summed E-state index contributed by atoms with van der Waals surface area (Å²) in [4.78, 5) is 17.1. The summed E-state index contributed by atoms with van der Waals surface area (Å²) in [5.41, 5.74) is 1.57. The maximum Gasteiger partial charge on any atom is 0.240 e. The van der Waals surface area contributed by atoms with Crippen molar-refractivity contribution in [2.24, 2.45) is 7.05 Å². The third-order valence-corrected chi connectivity index (χ3v) is 6.20. The van der Waals surface area contributed by atoms with Gasteiger partial charge in [-0.2, -0.15) is 0 Å². The summed E-state index contributed by atoms with van der Waals surface area (Å²) in [5.74, 6) is 0.0863. The number of nitrogens with zero attached hydrogens (tertiary/aromatic N) is 2. The van der Waals surface area contributed by atoms with Crippen molar-refractivity contribution in [2.75, 3.05) is 7.05 Å². The van der Waals surface area contributed by atoms with Gasteiger partial charge in [-0.05, 0) is 48.9 Å². The summed E-state index contributed by atoms with van der Waals surface area (Å²) in [7, 11) is -0.311. The number of nitrogens with one attached hydrogen (secondary N) is 2. The van der Waals surface area contributed by atoms with Gasteiger partial charge in [-0.1, -0.05) is 24.3 Å². The van der Waals surface area contributed by atoms with E-state index in [0.29, 0.717) is 12.2 Å². The Kier molecular flexibility index (Phi) is 6.63. The molecule has 0 radical (unpaired) electrons. The van der Waals surface area contributed by atoms with Gasteiger partial charge in [0.05, 0.1) is 4.90 Å². The lowest BCUT2D eigenvalue weighted by Gasteiger charge is -2.19. The fourth-order valence-corrected chi connectivity index (χ4v) is 3.78. The van der Waals surface area contributed by atoms with Gasteiger partial charge in [0.25, 0.3) is 0 Å². The summed E-state index contributed by atoms with van der Waals surface area (Å²) in [5, 5.41) is 2.96. The molecule has 0 saturated heterocycles. The minimum absolute atomic E-state index is 0.171. The second-order valence-electron chi connectivity index (χ2n) is 6.80. The number of aromatic nitrogens is 2. The van der Waals surface area contributed by atoms with Crippen LogP contribution in [0.4, 0.5) is 4.39 Å². The quantitative estimate of drug-likeness (QED) is 0.574. The van der Waals surface area contributed by atoms with Crippen LogP contribution in [-0.2, 0) is 28.3 Å². The molecule has 1 unspecified atom stereocenters. The van der Waals surface area contributed by atoms with Crippen molar-refractivity contribution < 1.29 is 17.6 Å². The van der Waals surface area contributed by atoms with Crippen LogP contribution in [0, 0.1) is 5.82 Å². The standard InChI is InChI=1S/C21H23FN4O3S/c1-23-30(28,29)18-10-3-15(4-11-18)5-12-19(27)25-20(21-24-13-14-26(21)2)16-6-8-17(22)9-7-16/h3-4,6-11,13-14,20,23H,5,12H2,1-2H3,(H,25,27). The number of sulfonamides is 1. The molecule has 1 aromatic heterocycles. The molecule has 0 aliphatic carbocycles. The maximum atomic E-state index is 13.3. The van der Waals surface area contributed by atoms with Gasteiger partial charge in [-0.3, -0.25) is 4.79 Å². The minimum Gasteiger partial charge on any atom is -0.342 e. The molecule has 0 spiro atoms. The molecule has 9 heteroatoms. The zero-order valence-electron chi connectivity index (χ0n) is 16.7. The lowest BCUT2D eigenvalue weighted by atomic mass is 10.0. The lowest BCUT2D eigenvalue weighted by Crippen LogP contribution is -2.31. The molecule has 1 atom stereocenters. The third kappa shape index (κ3) is 5.11. The Morgan fingerprint density at radius 2 is 1.80 bits per heavy atom. The zero-order valence-corrected chi connectivity index (χ0v) is 17.5. The Hall–Kier alpha value is -3.04. The van der Waals surface area contributed by atoms with Gasteiger partial charge in [-0.25, -0.2) is 22.5 Å². The molecule has 1 heterocycles. The molecule has 0 saturated carbocycles. The van der Waals surface area contributed by atoms with Crippen LogP contribution in [0.1, 0.15) is 29.4 Å². The van der Waals surface area contributed by atoms with Gasteiger partial charge in [0, 0.05) is 25.9 Å². The summed E-state index contributed by atoms with van der Waals surface area (Å²) in [6.45, 7) is 0. The molecule has 3 aromatic rings. The van der Waals surface area contributed by atoms with Crippen molar-refractivity contribution in [3.05, 3.63) is 83.7 Å². The Morgan fingerprint density at radius 1 is 1.13 bits per heavy atom. The van der Waals surface area contributed by atoms with E-state index in [9.17, 15) is 17.6 Å². The van der Waals surface area contributed by atoms with Crippen molar-refractivity contribution in [3.63, 3.8) is 0 Å². The van der Waals surface area contributed by atoms with Crippen LogP contribution in [0.15, 0.2) is 65.8 Å². The number of imidazole rings is 1. The van der Waals surface area contributed by atoms with E-state index < -0.39 is 16.1 Å². The van der Waals surface area contributed by atoms with E-state index in [2.05, 4.69) is 15.0 Å². The zero-order chi connectivity index (χ0) is 21.7. The molecule has 158 valence electrons. The van der Waals surface area contributed by atoms with Crippen LogP contribution in [0.2, 0.25) is 0 Å². The fourth-order valence-electron chi connectivity index (χ4n) is 3.05. The number of hydrogen-bond acceptors (Lipinski definition) is 4. The molecule has 0 aliphatic heterocycles. The molecule has 0 fully saturated rings. The lowest BCUT2D eigenvalue weighted by molar-refractivity contribution is -0.121. The minimum atomic E-state index is -3.49. The van der Waals surface area contributed by atoms with Crippen molar-refractivity contribution in [2.45, 2.75) is 23.8 Å². The van der Waals surface area contributed by atoms with Gasteiger partial charge in [0.1, 0.15) is 17.7 Å². The average molecular weight is 431 g/mol. The smallest absolute Gasteiger partial charge is 0.240 e. The van der Waals surface area contributed by atoms with E-state index in [1.807, 2.05) is 7.05 Å². The van der Waals surface area contributed by atoms with Crippen molar-refractivity contribution in [1.82, 2.24) is 19.6 Å². The highest BCUT2D eigenvalue weighted by Gasteiger charge is 2.21. The first-order valence-corrected chi connectivity index (χ1v) is 10.8. The summed E-state index contributed by atoms with van der Waals surface area (Å²) in [6, 6.07) is 11.8. The summed E-state index contributed by atoms with van der Waals surface area (Å²) < 4.78 is 41.0. The molecule has 0 aliphatic rings. The van der Waals surface area contributed by atoms with E-state index >= 15 is 0 Å². The van der Waals surface area contributed by atoms with E-state index in [1.54, 1.807) is 41.2 Å². The van der Waals surface area contributed by atoms with Gasteiger partial charge in [0.15, 0.2) is 0 Å². The maximum absolute atomic E-state index is 13.3. The predicted molar refractivity (Wildman–Crippen MR) is 111 cm³/mol. The third-order valence-electron chi connectivity index (χ3n) is 4.77. The SMILES string of the molecule is CNS(=O)(=O)c1ccc(CCC(=O)NC(c2ccc(F)cc2)c2nccn2C)cc1. The summed E-state index contributed by atoms with van der Waals surface area (Å²) in [6.07, 6.45) is 4.07. The number of carbonyl (C=O) groups excluding carboxylic acids is 1. The second-order valence-corrected chi connectivity index (χ2v) is 8.69. The van der Waals surface area contributed by atoms with Crippen LogP contribution in [0.5, 0.6) is 0 Å². The van der Waals surface area contributed by atoms with Gasteiger partial charge < -0.3 is 9.88 Å². The number of rotatable bonds is 8. The highest BCUT2D eigenvalue weighted by atomic mass is 32.2. The van der Waals surface area contributed by atoms with Crippen LogP contribution >= 0.6 is 0 Å². The van der Waals surface area contributed by atoms with Gasteiger partial charge >= 0.3 is 0 Å². The molecule has 2 aromatic carbocycles. The Labute approximate surface area is 175 Å². The largest absolute Gasteiger partial charge is 0.342 e. The predicted octanol–water partition coefficient (Wildman–Crippen LogP) is 2.31. The normalized spacial score (nSPS) is 12.5. The van der Waals surface area contributed by atoms with E-state index in [4.69, 9.17) is 0 Å². The molecule has 2 N–H and O–H groups in total. The molecular formula is C21H23FN4O3S. The second kappa shape index (κ2) is 9.19. The molecule has 3 rings (SSSR count). The number of benzene rings is 2. The Bertz CT molecular complexity index is 1110. The molecule has 1 amide bonds. The van der Waals surface area contributed by atoms with E-state index in [-0.39, 0.29) is 23.0 Å². The first kappa shape index (κ1) is 21.7. The molecular weight excluding hydrogens is 407 g/mol. The van der Waals surface area contributed by atoms with Gasteiger partial charge in [-0.15, -0.1) is 0 Å². The van der Waals surface area contributed by atoms with E-state index in [1.165, 1.54) is 31.3 Å². The number of aryl methyl sites for hydroxylation is 2. The van der Waals surface area contributed by atoms with Crippen molar-refractivity contribution in [3.8, 4) is 0 Å². The highest BCUT2D eigenvalue weighted by molar-refractivity contribution is 7.89. The van der Waals surface area contributed by atoms with Crippen LogP contribution in [-0.4, -0.2) is 30.9 Å². The fraction of sp³-hybridized carbons (Fsp3) is 0.238. The topological polar surface area (TPSA) is 93.1 Å². The summed E-state index contributed by atoms with van der Waals surface area (Å²) >= 11 is 0. The first-order valence-electron chi connectivity index (χ1n) is 9.34. The molecule has 30 heavy (non-hydrogen) atoms. The molecule has 7 nitrogen and oxygen atoms in total. The van der Waals surface area contributed by atoms with Gasteiger partial charge in [0.2, 0.25) is 15.9 Å². The van der Waals surface area contributed by atoms with Crippen LogP contribution in [0.25, 0.3) is 0 Å². The van der Waals surface area contributed by atoms with Crippen LogP contribution in [0.3, 0.4) is 0 Å². The monoisotopic (exact) mass is 430 g/mol. The highest BCUT2D eigenvalue weighted by Crippen LogP contribution is 2.21. The number of halogens is 1. The average Bonchev–Trinajstić information content (AvgIpc) is 3.17. The van der Waals surface area contributed by atoms with Crippen molar-refractivity contribution >= 4 is 15.9 Å². The first-order chi connectivity index (χ1) is 14.3. The van der Waals surface area contributed by atoms with Crippen molar-refractivity contribution in [1.29, 1.82) is 0 Å². The number of hydrogen-bond donors (Lipinski definition) is 2. The number of carbonyl (C=O) groups is 1. The molecule has 0 bridgehead atoms. The Morgan fingerprint density at radius 3 is 2.37 bits per heavy atom. The van der Waals surface area contributed by atoms with E-state index in [0.717, 1.165) is 11.1 Å². The Balaban J connectivity index is 1.69. The van der Waals surface area contributed by atoms with Crippen LogP contribution < -0.4 is 10.0 Å².